The molecule has 8 nitrogen and oxygen atoms in total. The summed E-state index contributed by atoms with van der Waals surface area (Å²) in [6, 6.07) is 7.33. The normalized spacial score (nSPS) is 14.2. The lowest BCUT2D eigenvalue weighted by Crippen LogP contribution is -2.50. The number of piperazine rings is 1. The zero-order valence-corrected chi connectivity index (χ0v) is 16.3. The summed E-state index contributed by atoms with van der Waals surface area (Å²) in [5.74, 6) is 0.766. The average molecular weight is 390 g/mol. The molecule has 0 atom stereocenters. The number of hydrogen-bond donors (Lipinski definition) is 0. The quantitative estimate of drug-likeness (QED) is 0.671. The minimum atomic E-state index is -0.275. The number of anilines is 1. The van der Waals surface area contributed by atoms with Gasteiger partial charge >= 0.3 is 0 Å². The molecule has 4 rings (SSSR count). The molecule has 3 heterocycles. The van der Waals surface area contributed by atoms with Crippen LogP contribution < -0.4 is 10.5 Å². The molecule has 29 heavy (non-hydrogen) atoms. The highest BCUT2D eigenvalue weighted by molar-refractivity contribution is 5.80. The number of amides is 1. The van der Waals surface area contributed by atoms with Crippen molar-refractivity contribution in [3.63, 3.8) is 0 Å². The van der Waals surface area contributed by atoms with E-state index < -0.39 is 0 Å². The second-order valence-corrected chi connectivity index (χ2v) is 6.94. The Morgan fingerprint density at radius 1 is 1.14 bits per heavy atom. The van der Waals surface area contributed by atoms with Gasteiger partial charge in [0, 0.05) is 31.7 Å². The van der Waals surface area contributed by atoms with Crippen molar-refractivity contribution >= 4 is 28.8 Å². The van der Waals surface area contributed by atoms with Gasteiger partial charge in [-0.3, -0.25) is 14.2 Å². The highest BCUT2D eigenvalue weighted by Crippen LogP contribution is 2.22. The van der Waals surface area contributed by atoms with Gasteiger partial charge in [-0.25, -0.2) is 15.0 Å². The van der Waals surface area contributed by atoms with E-state index in [0.29, 0.717) is 37.2 Å². The number of nitrogens with zero attached hydrogens (tertiary/aromatic N) is 6. The molecule has 1 fully saturated rings. The summed E-state index contributed by atoms with van der Waals surface area (Å²) in [6.07, 6.45) is 4.58. The van der Waals surface area contributed by atoms with Crippen molar-refractivity contribution in [3.05, 3.63) is 65.0 Å². The third-order valence-corrected chi connectivity index (χ3v) is 5.24. The molecule has 3 aromatic rings. The highest BCUT2D eigenvalue weighted by atomic mass is 16.2. The number of aryl methyl sites for hydroxylation is 1. The van der Waals surface area contributed by atoms with Crippen LogP contribution in [0.1, 0.15) is 11.3 Å². The van der Waals surface area contributed by atoms with Crippen molar-refractivity contribution in [1.82, 2.24) is 24.4 Å². The third kappa shape index (κ3) is 3.61. The number of carbonyl (C=O) groups excluding carboxylic acids is 1. The summed E-state index contributed by atoms with van der Waals surface area (Å²) in [7, 11) is 0. The van der Waals surface area contributed by atoms with Crippen LogP contribution >= 0.6 is 0 Å². The molecule has 0 spiro atoms. The molecule has 0 unspecified atom stereocenters. The number of hydrogen-bond acceptors (Lipinski definition) is 6. The summed E-state index contributed by atoms with van der Waals surface area (Å²) in [4.78, 5) is 41.9. The predicted molar refractivity (Wildman–Crippen MR) is 112 cm³/mol. The summed E-state index contributed by atoms with van der Waals surface area (Å²) in [5, 5.41) is 0. The summed E-state index contributed by atoms with van der Waals surface area (Å²) < 4.78 is 1.49. The minimum Gasteiger partial charge on any atom is -0.352 e. The van der Waals surface area contributed by atoms with Gasteiger partial charge in [0.25, 0.3) is 5.56 Å². The van der Waals surface area contributed by atoms with Crippen LogP contribution in [0, 0.1) is 6.92 Å². The highest BCUT2D eigenvalue weighted by Gasteiger charge is 2.24. The molecule has 1 amide bonds. The molecular formula is C21H22N6O2. The van der Waals surface area contributed by atoms with Crippen molar-refractivity contribution in [2.45, 2.75) is 13.5 Å². The Hall–Kier alpha value is -3.55. The van der Waals surface area contributed by atoms with Gasteiger partial charge in [-0.05, 0) is 19.1 Å². The van der Waals surface area contributed by atoms with Crippen LogP contribution in [0.3, 0.4) is 0 Å². The minimum absolute atomic E-state index is 0.00634. The van der Waals surface area contributed by atoms with E-state index in [2.05, 4.69) is 26.4 Å². The summed E-state index contributed by atoms with van der Waals surface area (Å²) >= 11 is 0. The van der Waals surface area contributed by atoms with Crippen molar-refractivity contribution in [3.8, 4) is 0 Å². The second kappa shape index (κ2) is 7.83. The van der Waals surface area contributed by atoms with Gasteiger partial charge in [0.1, 0.15) is 18.7 Å². The van der Waals surface area contributed by atoms with Gasteiger partial charge in [-0.1, -0.05) is 24.8 Å². The number of rotatable bonds is 4. The number of aromatic nitrogens is 4. The maximum Gasteiger partial charge on any atom is 0.269 e. The molecule has 0 aliphatic carbocycles. The number of carbonyl (C=O) groups is 1. The van der Waals surface area contributed by atoms with Crippen LogP contribution in [0.15, 0.2) is 48.2 Å². The van der Waals surface area contributed by atoms with E-state index in [1.54, 1.807) is 17.3 Å². The van der Waals surface area contributed by atoms with Crippen LogP contribution in [-0.2, 0) is 11.3 Å². The molecule has 1 aliphatic heterocycles. The van der Waals surface area contributed by atoms with Gasteiger partial charge in [0.05, 0.1) is 22.9 Å². The monoisotopic (exact) mass is 390 g/mol. The lowest BCUT2D eigenvalue weighted by molar-refractivity contribution is -0.132. The van der Waals surface area contributed by atoms with Crippen molar-refractivity contribution in [1.29, 1.82) is 0 Å². The largest absolute Gasteiger partial charge is 0.352 e. The van der Waals surface area contributed by atoms with Crippen LogP contribution in [0.4, 0.5) is 5.82 Å². The van der Waals surface area contributed by atoms with Crippen LogP contribution in [0.25, 0.3) is 17.1 Å². The fourth-order valence-corrected chi connectivity index (χ4v) is 3.64. The average Bonchev–Trinajstić information content (AvgIpc) is 2.75. The Morgan fingerprint density at radius 3 is 2.66 bits per heavy atom. The van der Waals surface area contributed by atoms with Crippen molar-refractivity contribution in [2.75, 3.05) is 31.1 Å². The second-order valence-electron chi connectivity index (χ2n) is 6.94. The molecule has 1 saturated heterocycles. The molecule has 1 aliphatic rings. The maximum atomic E-state index is 12.9. The van der Waals surface area contributed by atoms with E-state index in [-0.39, 0.29) is 18.0 Å². The van der Waals surface area contributed by atoms with E-state index in [1.807, 2.05) is 31.2 Å². The SMILES string of the molecule is C=Cc1c(C)ncnc1N1CCN(C(=O)Cn2c(=O)cnc3ccccc32)CC1. The van der Waals surface area contributed by atoms with Gasteiger partial charge < -0.3 is 9.80 Å². The Labute approximate surface area is 168 Å². The first-order valence-electron chi connectivity index (χ1n) is 9.50. The van der Waals surface area contributed by atoms with E-state index in [9.17, 15) is 9.59 Å². The van der Waals surface area contributed by atoms with Gasteiger partial charge in [0.15, 0.2) is 0 Å². The van der Waals surface area contributed by atoms with E-state index in [1.165, 1.54) is 10.8 Å². The molecule has 0 N–H and O–H groups in total. The molecule has 0 bridgehead atoms. The predicted octanol–water partition coefficient (Wildman–Crippen LogP) is 1.49. The lowest BCUT2D eigenvalue weighted by atomic mass is 10.2. The molecule has 0 saturated carbocycles. The van der Waals surface area contributed by atoms with Gasteiger partial charge in [-0.2, -0.15) is 0 Å². The zero-order chi connectivity index (χ0) is 20.4. The zero-order valence-electron chi connectivity index (χ0n) is 16.3. The maximum absolute atomic E-state index is 12.9. The topological polar surface area (TPSA) is 84.2 Å². The Morgan fingerprint density at radius 2 is 1.90 bits per heavy atom. The molecule has 8 heteroatoms. The fraction of sp³-hybridized carbons (Fsp3) is 0.286. The summed E-state index contributed by atoms with van der Waals surface area (Å²) in [5.41, 5.74) is 2.89. The smallest absolute Gasteiger partial charge is 0.269 e. The van der Waals surface area contributed by atoms with E-state index in [4.69, 9.17) is 0 Å². The third-order valence-electron chi connectivity index (χ3n) is 5.24. The molecule has 148 valence electrons. The Balaban J connectivity index is 1.48. The van der Waals surface area contributed by atoms with E-state index >= 15 is 0 Å². The Kier molecular flexibility index (Phi) is 5.07. The fourth-order valence-electron chi connectivity index (χ4n) is 3.64. The molecule has 0 radical (unpaired) electrons. The number of benzene rings is 1. The van der Waals surface area contributed by atoms with Gasteiger partial charge in [0.2, 0.25) is 5.91 Å². The first-order valence-corrected chi connectivity index (χ1v) is 9.50. The standard InChI is InChI=1S/C21H22N6O2/c1-3-16-15(2)23-14-24-21(16)26-10-8-25(9-11-26)20(29)13-27-18-7-5-4-6-17(18)22-12-19(27)28/h3-7,12,14H,1,8-11,13H2,2H3. The first-order chi connectivity index (χ1) is 14.1. The van der Waals surface area contributed by atoms with Crippen LogP contribution in [0.5, 0.6) is 0 Å². The van der Waals surface area contributed by atoms with Crippen LogP contribution in [-0.4, -0.2) is 56.5 Å². The van der Waals surface area contributed by atoms with Gasteiger partial charge in [-0.15, -0.1) is 0 Å². The summed E-state index contributed by atoms with van der Waals surface area (Å²) in [6.45, 7) is 8.25. The molecule has 2 aromatic heterocycles. The van der Waals surface area contributed by atoms with Crippen molar-refractivity contribution in [2.24, 2.45) is 0 Å². The Bertz CT molecular complexity index is 1130. The first kappa shape index (κ1) is 18.8. The van der Waals surface area contributed by atoms with E-state index in [0.717, 1.165) is 17.1 Å². The molecular weight excluding hydrogens is 368 g/mol. The molecule has 1 aromatic carbocycles. The van der Waals surface area contributed by atoms with Crippen molar-refractivity contribution < 1.29 is 4.79 Å². The number of para-hydroxylation sites is 2. The lowest BCUT2D eigenvalue weighted by Gasteiger charge is -2.36. The number of fused-ring (bicyclic) bond motifs is 1. The van der Waals surface area contributed by atoms with Crippen LogP contribution in [0.2, 0.25) is 0 Å².